The van der Waals surface area contributed by atoms with Crippen molar-refractivity contribution in [3.63, 3.8) is 0 Å². The van der Waals surface area contributed by atoms with Gasteiger partial charge in [0, 0.05) is 5.56 Å². The molecule has 1 fully saturated rings. The van der Waals surface area contributed by atoms with E-state index >= 15 is 0 Å². The zero-order chi connectivity index (χ0) is 10.5. The molecule has 78 valence electrons. The van der Waals surface area contributed by atoms with E-state index in [4.69, 9.17) is 0 Å². The first-order valence-corrected chi connectivity index (χ1v) is 6.36. The van der Waals surface area contributed by atoms with Crippen LogP contribution < -0.4 is 0 Å². The van der Waals surface area contributed by atoms with E-state index in [1.807, 2.05) is 36.0 Å². The van der Waals surface area contributed by atoms with Crippen LogP contribution in [0.5, 0.6) is 0 Å². The van der Waals surface area contributed by atoms with Gasteiger partial charge >= 0.3 is 0 Å². The van der Waals surface area contributed by atoms with Gasteiger partial charge in [0.25, 0.3) is 0 Å². The highest BCUT2D eigenvalue weighted by molar-refractivity contribution is 7.99. The molecule has 0 N–H and O–H groups in total. The lowest BCUT2D eigenvalue weighted by Crippen LogP contribution is -1.97. The second-order valence-electron chi connectivity index (χ2n) is 3.70. The maximum absolute atomic E-state index is 10.5. The van der Waals surface area contributed by atoms with Crippen molar-refractivity contribution >= 4 is 24.1 Å². The molecular formula is C13H14OS. The van der Waals surface area contributed by atoms with Crippen molar-refractivity contribution in [3.8, 4) is 0 Å². The van der Waals surface area contributed by atoms with E-state index in [0.717, 1.165) is 11.8 Å². The molecule has 0 aliphatic carbocycles. The van der Waals surface area contributed by atoms with Crippen LogP contribution in [0.15, 0.2) is 29.8 Å². The average Bonchev–Trinajstić information content (AvgIpc) is 2.31. The molecule has 0 spiro atoms. The molecule has 2 rings (SSSR count). The van der Waals surface area contributed by atoms with E-state index in [0.29, 0.717) is 0 Å². The van der Waals surface area contributed by atoms with Crippen LogP contribution in [0.4, 0.5) is 0 Å². The summed E-state index contributed by atoms with van der Waals surface area (Å²) < 4.78 is 0. The largest absolute Gasteiger partial charge is 0.298 e. The highest BCUT2D eigenvalue weighted by atomic mass is 32.2. The molecule has 0 atom stereocenters. The Morgan fingerprint density at radius 1 is 1.00 bits per heavy atom. The molecule has 15 heavy (non-hydrogen) atoms. The van der Waals surface area contributed by atoms with Gasteiger partial charge in [-0.1, -0.05) is 35.9 Å². The Morgan fingerprint density at radius 3 is 2.20 bits per heavy atom. The highest BCUT2D eigenvalue weighted by Gasteiger charge is 2.04. The van der Waals surface area contributed by atoms with Crippen molar-refractivity contribution in [1.29, 1.82) is 0 Å². The van der Waals surface area contributed by atoms with E-state index in [2.05, 4.69) is 6.08 Å². The van der Waals surface area contributed by atoms with Crippen LogP contribution in [-0.2, 0) is 0 Å². The van der Waals surface area contributed by atoms with Crippen molar-refractivity contribution in [2.75, 3.05) is 11.5 Å². The van der Waals surface area contributed by atoms with Gasteiger partial charge in [0.1, 0.15) is 6.29 Å². The number of hydrogen-bond donors (Lipinski definition) is 0. The zero-order valence-electron chi connectivity index (χ0n) is 8.61. The van der Waals surface area contributed by atoms with Gasteiger partial charge in [-0.3, -0.25) is 4.79 Å². The van der Waals surface area contributed by atoms with Crippen molar-refractivity contribution in [2.45, 2.75) is 12.8 Å². The summed E-state index contributed by atoms with van der Waals surface area (Å²) in [4.78, 5) is 10.5. The molecule has 0 radical (unpaired) electrons. The molecule has 0 amide bonds. The smallest absolute Gasteiger partial charge is 0.150 e. The average molecular weight is 218 g/mol. The summed E-state index contributed by atoms with van der Waals surface area (Å²) in [7, 11) is 0. The van der Waals surface area contributed by atoms with Crippen LogP contribution in [0.2, 0.25) is 0 Å². The van der Waals surface area contributed by atoms with E-state index in [9.17, 15) is 4.79 Å². The normalized spacial score (nSPS) is 16.1. The SMILES string of the molecule is O=Cc1ccc(C=C2CCSCC2)cc1. The molecule has 0 unspecified atom stereocenters. The molecule has 1 aliphatic rings. The Bertz CT molecular complexity index is 357. The number of benzene rings is 1. The fourth-order valence-electron chi connectivity index (χ4n) is 1.68. The molecule has 1 saturated heterocycles. The minimum atomic E-state index is 0.747. The third-order valence-corrected chi connectivity index (χ3v) is 3.56. The first kappa shape index (κ1) is 10.5. The van der Waals surface area contributed by atoms with E-state index in [1.165, 1.54) is 35.5 Å². The van der Waals surface area contributed by atoms with Crippen molar-refractivity contribution in [2.24, 2.45) is 0 Å². The summed E-state index contributed by atoms with van der Waals surface area (Å²) in [6.45, 7) is 0. The van der Waals surface area contributed by atoms with Gasteiger partial charge in [-0.2, -0.15) is 11.8 Å². The number of carbonyl (C=O) groups is 1. The van der Waals surface area contributed by atoms with Gasteiger partial charge in [-0.05, 0) is 29.9 Å². The second-order valence-corrected chi connectivity index (χ2v) is 4.92. The van der Waals surface area contributed by atoms with Crippen LogP contribution >= 0.6 is 11.8 Å². The lowest BCUT2D eigenvalue weighted by molar-refractivity contribution is 0.112. The summed E-state index contributed by atoms with van der Waals surface area (Å²) in [5.74, 6) is 2.50. The number of hydrogen-bond acceptors (Lipinski definition) is 2. The standard InChI is InChI=1S/C13H14OS/c14-10-13-3-1-11(2-4-13)9-12-5-7-15-8-6-12/h1-4,9-10H,5-8H2. The molecule has 0 bridgehead atoms. The third-order valence-electron chi connectivity index (χ3n) is 2.58. The number of allylic oxidation sites excluding steroid dienone is 1. The van der Waals surface area contributed by atoms with Crippen LogP contribution in [0.3, 0.4) is 0 Å². The minimum Gasteiger partial charge on any atom is -0.298 e. The number of thioether (sulfide) groups is 1. The number of aldehydes is 1. The Balaban J connectivity index is 2.11. The molecule has 1 nitrogen and oxygen atoms in total. The Kier molecular flexibility index (Phi) is 3.62. The Hall–Kier alpha value is -1.02. The van der Waals surface area contributed by atoms with Crippen molar-refractivity contribution in [1.82, 2.24) is 0 Å². The van der Waals surface area contributed by atoms with Crippen molar-refractivity contribution in [3.05, 3.63) is 41.0 Å². The lowest BCUT2D eigenvalue weighted by atomic mass is 10.1. The zero-order valence-corrected chi connectivity index (χ0v) is 9.43. The first-order valence-electron chi connectivity index (χ1n) is 5.21. The molecule has 1 aromatic carbocycles. The molecular weight excluding hydrogens is 204 g/mol. The van der Waals surface area contributed by atoms with E-state index in [-0.39, 0.29) is 0 Å². The molecule has 0 aromatic heterocycles. The van der Waals surface area contributed by atoms with Gasteiger partial charge in [-0.25, -0.2) is 0 Å². The predicted octanol–water partition coefficient (Wildman–Crippen LogP) is 3.41. The summed E-state index contributed by atoms with van der Waals surface area (Å²) in [5.41, 5.74) is 3.49. The number of carbonyl (C=O) groups excluding carboxylic acids is 1. The Morgan fingerprint density at radius 2 is 1.60 bits per heavy atom. The van der Waals surface area contributed by atoms with E-state index < -0.39 is 0 Å². The minimum absolute atomic E-state index is 0.747. The van der Waals surface area contributed by atoms with E-state index in [1.54, 1.807) is 0 Å². The van der Waals surface area contributed by atoms with Crippen LogP contribution in [0.1, 0.15) is 28.8 Å². The summed E-state index contributed by atoms with van der Waals surface area (Å²) in [6.07, 6.45) is 5.56. The summed E-state index contributed by atoms with van der Waals surface area (Å²) >= 11 is 2.03. The quantitative estimate of drug-likeness (QED) is 0.708. The molecule has 0 saturated carbocycles. The highest BCUT2D eigenvalue weighted by Crippen LogP contribution is 2.23. The number of rotatable bonds is 2. The predicted molar refractivity (Wildman–Crippen MR) is 66.4 cm³/mol. The van der Waals surface area contributed by atoms with Gasteiger partial charge in [-0.15, -0.1) is 0 Å². The van der Waals surface area contributed by atoms with Gasteiger partial charge in [0.15, 0.2) is 0 Å². The molecule has 1 aromatic rings. The monoisotopic (exact) mass is 218 g/mol. The van der Waals surface area contributed by atoms with Crippen LogP contribution in [0.25, 0.3) is 6.08 Å². The van der Waals surface area contributed by atoms with Gasteiger partial charge in [0.05, 0.1) is 0 Å². The van der Waals surface area contributed by atoms with Gasteiger partial charge in [0.2, 0.25) is 0 Å². The third kappa shape index (κ3) is 2.96. The summed E-state index contributed by atoms with van der Waals surface area (Å²) in [6, 6.07) is 7.77. The lowest BCUT2D eigenvalue weighted by Gasteiger charge is -2.13. The summed E-state index contributed by atoms with van der Waals surface area (Å²) in [5, 5.41) is 0. The van der Waals surface area contributed by atoms with Crippen LogP contribution in [-0.4, -0.2) is 17.8 Å². The molecule has 2 heteroatoms. The maximum Gasteiger partial charge on any atom is 0.150 e. The topological polar surface area (TPSA) is 17.1 Å². The van der Waals surface area contributed by atoms with Gasteiger partial charge < -0.3 is 0 Å². The fraction of sp³-hybridized carbons (Fsp3) is 0.308. The fourth-order valence-corrected chi connectivity index (χ4v) is 2.70. The second kappa shape index (κ2) is 5.17. The molecule has 1 aliphatic heterocycles. The Labute approximate surface area is 94.6 Å². The molecule has 1 heterocycles. The van der Waals surface area contributed by atoms with Crippen molar-refractivity contribution < 1.29 is 4.79 Å². The maximum atomic E-state index is 10.5. The first-order chi connectivity index (χ1) is 7.38. The van der Waals surface area contributed by atoms with Crippen LogP contribution in [0, 0.1) is 0 Å².